The van der Waals surface area contributed by atoms with Crippen LogP contribution in [0.4, 0.5) is 5.69 Å². The summed E-state index contributed by atoms with van der Waals surface area (Å²) in [5.41, 5.74) is 3.35. The topological polar surface area (TPSA) is 109 Å². The molecule has 0 atom stereocenters. The van der Waals surface area contributed by atoms with Crippen LogP contribution < -0.4 is 21.9 Å². The molecule has 0 unspecified atom stereocenters. The number of nitrogen functional groups attached to an aromatic ring is 1. The van der Waals surface area contributed by atoms with Crippen LogP contribution in [0.3, 0.4) is 0 Å². The van der Waals surface area contributed by atoms with Crippen molar-refractivity contribution in [2.75, 3.05) is 12.0 Å². The van der Waals surface area contributed by atoms with Gasteiger partial charge >= 0.3 is 0 Å². The predicted molar refractivity (Wildman–Crippen MR) is 70.2 cm³/mol. The lowest BCUT2D eigenvalue weighted by molar-refractivity contribution is -0.121. The molecule has 0 aliphatic heterocycles. The van der Waals surface area contributed by atoms with E-state index < -0.39 is 0 Å². The lowest BCUT2D eigenvalue weighted by Crippen LogP contribution is -2.32. The molecule has 2 amide bonds. The Morgan fingerprint density at radius 3 is 2.74 bits per heavy atom. The normalized spacial score (nSPS) is 13.7. The van der Waals surface area contributed by atoms with Gasteiger partial charge in [0.25, 0.3) is 5.91 Å². The standard InChI is InChI=1S/C12H17N5O2/c13-17-9-3-4-10(15-7-9)12(19)14-6-5-11(18)16-8-1-2-8/h3-4,7-8,17H,1-2,5-6,13H2,(H,14,19)(H,16,18). The third kappa shape index (κ3) is 4.22. The van der Waals surface area contributed by atoms with Gasteiger partial charge in [0.1, 0.15) is 5.69 Å². The second kappa shape index (κ2) is 6.14. The van der Waals surface area contributed by atoms with E-state index in [4.69, 9.17) is 5.84 Å². The Bertz CT molecular complexity index is 456. The highest BCUT2D eigenvalue weighted by Crippen LogP contribution is 2.18. The number of amides is 2. The van der Waals surface area contributed by atoms with Crippen molar-refractivity contribution in [3.05, 3.63) is 24.0 Å². The molecule has 2 rings (SSSR count). The van der Waals surface area contributed by atoms with Crippen molar-refractivity contribution in [3.8, 4) is 0 Å². The summed E-state index contributed by atoms with van der Waals surface area (Å²) in [6, 6.07) is 3.57. The molecule has 1 fully saturated rings. The van der Waals surface area contributed by atoms with Gasteiger partial charge in [-0.2, -0.15) is 0 Å². The van der Waals surface area contributed by atoms with Gasteiger partial charge in [-0.1, -0.05) is 0 Å². The molecule has 102 valence electrons. The van der Waals surface area contributed by atoms with E-state index in [1.165, 1.54) is 6.20 Å². The molecule has 1 aliphatic carbocycles. The number of nitrogens with two attached hydrogens (primary N) is 1. The third-order valence-electron chi connectivity index (χ3n) is 2.74. The third-order valence-corrected chi connectivity index (χ3v) is 2.74. The Morgan fingerprint density at radius 2 is 2.16 bits per heavy atom. The predicted octanol–water partition coefficient (Wildman–Crippen LogP) is -0.234. The number of nitrogens with one attached hydrogen (secondary N) is 3. The van der Waals surface area contributed by atoms with Crippen LogP contribution in [0.15, 0.2) is 18.3 Å². The first-order valence-electron chi connectivity index (χ1n) is 6.19. The first-order chi connectivity index (χ1) is 9.19. The van der Waals surface area contributed by atoms with Crippen LogP contribution >= 0.6 is 0 Å². The lowest BCUT2D eigenvalue weighted by atomic mass is 10.3. The van der Waals surface area contributed by atoms with Gasteiger partial charge in [-0.05, 0) is 25.0 Å². The van der Waals surface area contributed by atoms with Crippen molar-refractivity contribution in [2.45, 2.75) is 25.3 Å². The number of hydrogen-bond donors (Lipinski definition) is 4. The highest BCUT2D eigenvalue weighted by Gasteiger charge is 2.22. The summed E-state index contributed by atoms with van der Waals surface area (Å²) in [6.07, 6.45) is 3.87. The fraction of sp³-hybridized carbons (Fsp3) is 0.417. The highest BCUT2D eigenvalue weighted by molar-refractivity contribution is 5.92. The summed E-state index contributed by atoms with van der Waals surface area (Å²) in [7, 11) is 0. The lowest BCUT2D eigenvalue weighted by Gasteiger charge is -2.06. The molecule has 0 bridgehead atoms. The maximum atomic E-state index is 11.7. The van der Waals surface area contributed by atoms with E-state index >= 15 is 0 Å². The summed E-state index contributed by atoms with van der Waals surface area (Å²) < 4.78 is 0. The highest BCUT2D eigenvalue weighted by atomic mass is 16.2. The van der Waals surface area contributed by atoms with Crippen LogP contribution in [0.1, 0.15) is 29.8 Å². The van der Waals surface area contributed by atoms with E-state index in [1.54, 1.807) is 12.1 Å². The number of hydrazine groups is 1. The minimum absolute atomic E-state index is 0.0292. The van der Waals surface area contributed by atoms with E-state index in [9.17, 15) is 9.59 Å². The number of hydrogen-bond acceptors (Lipinski definition) is 5. The van der Waals surface area contributed by atoms with E-state index in [-0.39, 0.29) is 18.2 Å². The largest absolute Gasteiger partial charge is 0.353 e. The van der Waals surface area contributed by atoms with Crippen molar-refractivity contribution in [3.63, 3.8) is 0 Å². The van der Waals surface area contributed by atoms with Crippen LogP contribution in [0.25, 0.3) is 0 Å². The van der Waals surface area contributed by atoms with Gasteiger partial charge < -0.3 is 16.1 Å². The van der Waals surface area contributed by atoms with Crippen LogP contribution in [0, 0.1) is 0 Å². The molecule has 0 saturated heterocycles. The van der Waals surface area contributed by atoms with Crippen LogP contribution in [0.5, 0.6) is 0 Å². The van der Waals surface area contributed by atoms with Crippen LogP contribution in [-0.4, -0.2) is 29.4 Å². The summed E-state index contributed by atoms with van der Waals surface area (Å²) in [5, 5.41) is 5.50. The van der Waals surface area contributed by atoms with E-state index in [0.717, 1.165) is 12.8 Å². The summed E-state index contributed by atoms with van der Waals surface area (Å²) in [6.45, 7) is 0.302. The molecule has 0 aromatic carbocycles. The Hall–Kier alpha value is -2.15. The quantitative estimate of drug-likeness (QED) is 0.418. The van der Waals surface area contributed by atoms with Crippen molar-refractivity contribution in [1.29, 1.82) is 0 Å². The molecule has 0 spiro atoms. The first-order valence-corrected chi connectivity index (χ1v) is 6.19. The number of carbonyl (C=O) groups excluding carboxylic acids is 2. The van der Waals surface area contributed by atoms with Crippen molar-refractivity contribution >= 4 is 17.5 Å². The summed E-state index contributed by atoms with van der Waals surface area (Å²) in [5.74, 6) is 4.87. The van der Waals surface area contributed by atoms with E-state index in [1.807, 2.05) is 0 Å². The Labute approximate surface area is 110 Å². The number of carbonyl (C=O) groups is 2. The fourth-order valence-electron chi connectivity index (χ4n) is 1.52. The minimum atomic E-state index is -0.303. The zero-order valence-corrected chi connectivity index (χ0v) is 10.5. The molecule has 5 N–H and O–H groups in total. The van der Waals surface area contributed by atoms with Gasteiger partial charge in [0.15, 0.2) is 0 Å². The van der Waals surface area contributed by atoms with Gasteiger partial charge in [0.05, 0.1) is 11.9 Å². The average molecular weight is 263 g/mol. The van der Waals surface area contributed by atoms with Crippen LogP contribution in [-0.2, 0) is 4.79 Å². The Kier molecular flexibility index (Phi) is 4.30. The maximum Gasteiger partial charge on any atom is 0.269 e. The van der Waals surface area contributed by atoms with Crippen molar-refractivity contribution < 1.29 is 9.59 Å². The monoisotopic (exact) mass is 263 g/mol. The molecule has 1 aromatic heterocycles. The number of rotatable bonds is 6. The Morgan fingerprint density at radius 1 is 1.37 bits per heavy atom. The smallest absolute Gasteiger partial charge is 0.269 e. The van der Waals surface area contributed by atoms with Gasteiger partial charge in [-0.15, -0.1) is 0 Å². The second-order valence-electron chi connectivity index (χ2n) is 4.42. The number of anilines is 1. The van der Waals surface area contributed by atoms with Gasteiger partial charge in [0.2, 0.25) is 5.91 Å². The summed E-state index contributed by atoms with van der Waals surface area (Å²) in [4.78, 5) is 27.0. The molecular formula is C12H17N5O2. The second-order valence-corrected chi connectivity index (χ2v) is 4.42. The number of nitrogens with zero attached hydrogens (tertiary/aromatic N) is 1. The fourth-order valence-corrected chi connectivity index (χ4v) is 1.52. The molecule has 7 nitrogen and oxygen atoms in total. The van der Waals surface area contributed by atoms with Gasteiger partial charge in [0, 0.05) is 19.0 Å². The molecule has 1 heterocycles. The Balaban J connectivity index is 1.71. The molecule has 1 aliphatic rings. The molecule has 1 aromatic rings. The molecule has 0 radical (unpaired) electrons. The van der Waals surface area contributed by atoms with Crippen LogP contribution in [0.2, 0.25) is 0 Å². The van der Waals surface area contributed by atoms with E-state index in [2.05, 4.69) is 21.0 Å². The first kappa shape index (κ1) is 13.3. The SMILES string of the molecule is NNc1ccc(C(=O)NCCC(=O)NC2CC2)nc1. The number of pyridine rings is 1. The molecule has 19 heavy (non-hydrogen) atoms. The zero-order valence-electron chi connectivity index (χ0n) is 10.5. The molecule has 7 heteroatoms. The van der Waals surface area contributed by atoms with Gasteiger partial charge in [-0.3, -0.25) is 15.4 Å². The molecular weight excluding hydrogens is 246 g/mol. The maximum absolute atomic E-state index is 11.7. The summed E-state index contributed by atoms with van der Waals surface area (Å²) >= 11 is 0. The number of aromatic nitrogens is 1. The minimum Gasteiger partial charge on any atom is -0.353 e. The average Bonchev–Trinajstić information content (AvgIpc) is 3.22. The molecule has 1 saturated carbocycles. The van der Waals surface area contributed by atoms with Crippen molar-refractivity contribution in [2.24, 2.45) is 5.84 Å². The van der Waals surface area contributed by atoms with Crippen molar-refractivity contribution in [1.82, 2.24) is 15.6 Å². The van der Waals surface area contributed by atoms with Gasteiger partial charge in [-0.25, -0.2) is 4.98 Å². The van der Waals surface area contributed by atoms with E-state index in [0.29, 0.717) is 24.0 Å². The zero-order chi connectivity index (χ0) is 13.7.